The Morgan fingerprint density at radius 3 is 2.29 bits per heavy atom. The summed E-state index contributed by atoms with van der Waals surface area (Å²) in [5, 5.41) is 6.88. The van der Waals surface area contributed by atoms with Crippen LogP contribution in [-0.2, 0) is 0 Å². The van der Waals surface area contributed by atoms with Crippen LogP contribution in [0.5, 0.6) is 11.5 Å². The number of nitrogens with two attached hydrogens (primary N) is 1. The van der Waals surface area contributed by atoms with Gasteiger partial charge in [0.05, 0.1) is 6.10 Å². The molecule has 0 atom stereocenters. The number of hydrogen-bond acceptors (Lipinski definition) is 7. The highest BCUT2D eigenvalue weighted by atomic mass is 19.4. The van der Waals surface area contributed by atoms with Gasteiger partial charge in [0.15, 0.2) is 6.61 Å². The molecule has 31 heavy (non-hydrogen) atoms. The minimum Gasteiger partial charge on any atom is -0.491 e. The monoisotopic (exact) mass is 435 g/mol. The zero-order valence-electron chi connectivity index (χ0n) is 16.7. The lowest BCUT2D eigenvalue weighted by atomic mass is 10.2. The van der Waals surface area contributed by atoms with Gasteiger partial charge in [0.2, 0.25) is 11.9 Å². The van der Waals surface area contributed by atoms with E-state index in [-0.39, 0.29) is 23.8 Å². The van der Waals surface area contributed by atoms with E-state index in [4.69, 9.17) is 10.5 Å². The van der Waals surface area contributed by atoms with E-state index in [1.165, 1.54) is 24.3 Å². The second-order valence-electron chi connectivity index (χ2n) is 6.75. The molecule has 0 spiro atoms. The summed E-state index contributed by atoms with van der Waals surface area (Å²) in [7, 11) is 0. The summed E-state index contributed by atoms with van der Waals surface area (Å²) in [4.78, 5) is 16.7. The van der Waals surface area contributed by atoms with E-state index >= 15 is 0 Å². The minimum atomic E-state index is -4.42. The van der Waals surface area contributed by atoms with Crippen molar-refractivity contribution in [3.8, 4) is 11.5 Å². The molecule has 11 heteroatoms. The fraction of sp³-hybridized carbons (Fsp3) is 0.250. The van der Waals surface area contributed by atoms with Crippen LogP contribution in [-0.4, -0.2) is 39.6 Å². The van der Waals surface area contributed by atoms with Crippen molar-refractivity contribution in [2.75, 3.05) is 17.7 Å². The van der Waals surface area contributed by atoms with E-state index < -0.39 is 18.7 Å². The van der Waals surface area contributed by atoms with Gasteiger partial charge in [-0.3, -0.25) is 4.79 Å². The number of benzene rings is 2. The number of hydrogen-bond donors (Lipinski definition) is 2. The van der Waals surface area contributed by atoms with Crippen LogP contribution < -0.4 is 20.5 Å². The van der Waals surface area contributed by atoms with E-state index in [1.54, 1.807) is 24.3 Å². The van der Waals surface area contributed by atoms with Gasteiger partial charge in [-0.1, -0.05) is 0 Å². The van der Waals surface area contributed by atoms with Gasteiger partial charge in [-0.15, -0.1) is 5.10 Å². The van der Waals surface area contributed by atoms with Crippen molar-refractivity contribution in [3.05, 3.63) is 54.1 Å². The highest BCUT2D eigenvalue weighted by Gasteiger charge is 2.28. The van der Waals surface area contributed by atoms with Crippen molar-refractivity contribution < 1.29 is 27.4 Å². The molecule has 8 nitrogen and oxygen atoms in total. The van der Waals surface area contributed by atoms with Gasteiger partial charge in [0.1, 0.15) is 11.5 Å². The second kappa shape index (κ2) is 8.94. The van der Waals surface area contributed by atoms with Crippen molar-refractivity contribution in [1.82, 2.24) is 14.8 Å². The lowest BCUT2D eigenvalue weighted by Crippen LogP contribution is -2.19. The maximum Gasteiger partial charge on any atom is 0.422 e. The van der Waals surface area contributed by atoms with Crippen molar-refractivity contribution >= 4 is 23.5 Å². The zero-order valence-corrected chi connectivity index (χ0v) is 16.7. The average molecular weight is 435 g/mol. The number of halogens is 3. The Morgan fingerprint density at radius 2 is 1.71 bits per heavy atom. The average Bonchev–Trinajstić information content (AvgIpc) is 3.06. The Bertz CT molecular complexity index is 1030. The summed E-state index contributed by atoms with van der Waals surface area (Å²) in [6.45, 7) is 2.41. The van der Waals surface area contributed by atoms with E-state index in [0.29, 0.717) is 17.0 Å². The molecule has 3 rings (SSSR count). The van der Waals surface area contributed by atoms with Gasteiger partial charge >= 0.3 is 6.18 Å². The molecule has 3 N–H and O–H groups in total. The van der Waals surface area contributed by atoms with Gasteiger partial charge in [0.25, 0.3) is 5.91 Å². The molecule has 0 saturated heterocycles. The molecule has 0 saturated carbocycles. The highest BCUT2D eigenvalue weighted by molar-refractivity contribution is 5.97. The molecule has 164 valence electrons. The van der Waals surface area contributed by atoms with Gasteiger partial charge in [0, 0.05) is 11.3 Å². The summed E-state index contributed by atoms with van der Waals surface area (Å²) < 4.78 is 47.7. The van der Waals surface area contributed by atoms with Crippen molar-refractivity contribution in [1.29, 1.82) is 0 Å². The summed E-state index contributed by atoms with van der Waals surface area (Å²) in [5.41, 5.74) is 6.62. The second-order valence-corrected chi connectivity index (χ2v) is 6.75. The molecular weight excluding hydrogens is 415 g/mol. The van der Waals surface area contributed by atoms with E-state index in [0.717, 1.165) is 4.68 Å². The quantitative estimate of drug-likeness (QED) is 0.578. The molecule has 1 aromatic heterocycles. The fourth-order valence-corrected chi connectivity index (χ4v) is 2.53. The van der Waals surface area contributed by atoms with Crippen LogP contribution in [0.4, 0.5) is 30.8 Å². The molecule has 0 aliphatic carbocycles. The Kier molecular flexibility index (Phi) is 6.33. The number of aromatic nitrogens is 3. The number of carbonyl (C=O) groups excluding carboxylic acids is 1. The standard InChI is InChI=1S/C20H20F3N5O3/c1-12(2)31-16-7-3-13(4-8-16)17(29)28-18(24)26-19(27-28)25-14-5-9-15(10-6-14)30-11-20(21,22)23/h3-10,12H,11H2,1-2H3,(H3,24,25,26,27). The normalized spacial score (nSPS) is 11.4. The van der Waals surface area contributed by atoms with Crippen LogP contribution in [0.1, 0.15) is 24.2 Å². The highest BCUT2D eigenvalue weighted by Crippen LogP contribution is 2.22. The number of anilines is 3. The Labute approximate surface area is 175 Å². The molecule has 0 bridgehead atoms. The van der Waals surface area contributed by atoms with E-state index in [1.807, 2.05) is 13.8 Å². The summed E-state index contributed by atoms with van der Waals surface area (Å²) in [6.07, 6.45) is -4.41. The Morgan fingerprint density at radius 1 is 1.10 bits per heavy atom. The lowest BCUT2D eigenvalue weighted by molar-refractivity contribution is -0.153. The van der Waals surface area contributed by atoms with Crippen molar-refractivity contribution in [3.63, 3.8) is 0 Å². The van der Waals surface area contributed by atoms with Crippen LogP contribution in [0.2, 0.25) is 0 Å². The topological polar surface area (TPSA) is 104 Å². The molecule has 1 heterocycles. The van der Waals surface area contributed by atoms with Crippen LogP contribution in [0.25, 0.3) is 0 Å². The number of rotatable bonds is 7. The summed E-state index contributed by atoms with van der Waals surface area (Å²) in [6, 6.07) is 12.2. The van der Waals surface area contributed by atoms with Crippen LogP contribution in [0.3, 0.4) is 0 Å². The molecular formula is C20H20F3N5O3. The molecule has 0 radical (unpaired) electrons. The van der Waals surface area contributed by atoms with Crippen LogP contribution in [0.15, 0.2) is 48.5 Å². The summed E-state index contributed by atoms with van der Waals surface area (Å²) >= 11 is 0. The number of carbonyl (C=O) groups is 1. The third-order valence-electron chi connectivity index (χ3n) is 3.81. The molecule has 0 aliphatic rings. The van der Waals surface area contributed by atoms with Crippen molar-refractivity contribution in [2.24, 2.45) is 0 Å². The Balaban J connectivity index is 1.67. The molecule has 3 aromatic rings. The van der Waals surface area contributed by atoms with Crippen molar-refractivity contribution in [2.45, 2.75) is 26.1 Å². The molecule has 2 aromatic carbocycles. The zero-order chi connectivity index (χ0) is 22.6. The SMILES string of the molecule is CC(C)Oc1ccc(C(=O)n2nc(Nc3ccc(OCC(F)(F)F)cc3)nc2N)cc1. The van der Waals surface area contributed by atoms with E-state index in [2.05, 4.69) is 20.1 Å². The van der Waals surface area contributed by atoms with E-state index in [9.17, 15) is 18.0 Å². The van der Waals surface area contributed by atoms with Crippen LogP contribution >= 0.6 is 0 Å². The number of ether oxygens (including phenoxy) is 2. The third-order valence-corrected chi connectivity index (χ3v) is 3.81. The number of nitrogens with zero attached hydrogens (tertiary/aromatic N) is 3. The number of nitrogens with one attached hydrogen (secondary N) is 1. The number of alkyl halides is 3. The van der Waals surface area contributed by atoms with Gasteiger partial charge in [-0.2, -0.15) is 22.8 Å². The first-order chi connectivity index (χ1) is 14.6. The smallest absolute Gasteiger partial charge is 0.422 e. The minimum absolute atomic E-state index is 0.00594. The van der Waals surface area contributed by atoms with Gasteiger partial charge in [-0.25, -0.2) is 0 Å². The maximum absolute atomic E-state index is 12.7. The largest absolute Gasteiger partial charge is 0.491 e. The summed E-state index contributed by atoms with van der Waals surface area (Å²) in [5.74, 6) is 0.129. The van der Waals surface area contributed by atoms with Gasteiger partial charge < -0.3 is 20.5 Å². The number of nitrogen functional groups attached to an aromatic ring is 1. The first-order valence-corrected chi connectivity index (χ1v) is 9.21. The molecule has 0 unspecified atom stereocenters. The van der Waals surface area contributed by atoms with Crippen LogP contribution in [0, 0.1) is 0 Å². The van der Waals surface area contributed by atoms with Gasteiger partial charge in [-0.05, 0) is 62.4 Å². The Hall–Kier alpha value is -3.76. The molecule has 0 aliphatic heterocycles. The lowest BCUT2D eigenvalue weighted by Gasteiger charge is -2.10. The molecule has 0 fully saturated rings. The molecule has 0 amide bonds. The fourth-order valence-electron chi connectivity index (χ4n) is 2.53. The predicted octanol–water partition coefficient (Wildman–Crippen LogP) is 4.02. The first-order valence-electron chi connectivity index (χ1n) is 9.21. The predicted molar refractivity (Wildman–Crippen MR) is 108 cm³/mol. The maximum atomic E-state index is 12.7. The third kappa shape index (κ3) is 6.11. The first kappa shape index (κ1) is 21.9.